The first kappa shape index (κ1) is 12.7. The number of ether oxygens (including phenoxy) is 1. The Balaban J connectivity index is 1.54. The Morgan fingerprint density at radius 3 is 3.05 bits per heavy atom. The molecule has 9 heteroatoms. The molecule has 3 rings (SSSR count). The van der Waals surface area contributed by atoms with Gasteiger partial charge in [-0.3, -0.25) is 9.78 Å². The maximum absolute atomic E-state index is 12.0. The second-order valence-corrected chi connectivity index (χ2v) is 4.41. The molecule has 106 valence electrons. The van der Waals surface area contributed by atoms with Crippen molar-refractivity contribution in [1.29, 1.82) is 0 Å². The normalized spacial score (nSPS) is 15.5. The molecule has 1 N–H and O–H groups in total. The highest BCUT2D eigenvalue weighted by Gasteiger charge is 2.16. The van der Waals surface area contributed by atoms with Crippen LogP contribution >= 0.6 is 0 Å². The van der Waals surface area contributed by atoms with Crippen LogP contribution in [0.2, 0.25) is 0 Å². The number of nitrogens with zero attached hydrogens (tertiary/aromatic N) is 6. The number of carbonyl (C=O) groups is 1. The Bertz CT molecular complexity index is 593. The minimum atomic E-state index is 0.123. The lowest BCUT2D eigenvalue weighted by molar-refractivity contribution is -0.134. The third-order valence-electron chi connectivity index (χ3n) is 3.12. The van der Waals surface area contributed by atoms with E-state index in [-0.39, 0.29) is 5.91 Å². The molecule has 3 heterocycles. The van der Waals surface area contributed by atoms with Gasteiger partial charge in [-0.25, -0.2) is 0 Å². The van der Waals surface area contributed by atoms with Crippen molar-refractivity contribution in [2.45, 2.75) is 6.42 Å². The summed E-state index contributed by atoms with van der Waals surface area (Å²) in [6.07, 6.45) is 3.62. The van der Waals surface area contributed by atoms with Crippen molar-refractivity contribution in [3.05, 3.63) is 12.4 Å². The Hall–Kier alpha value is -2.29. The molecular weight excluding hydrogens is 262 g/mol. The van der Waals surface area contributed by atoms with Crippen molar-refractivity contribution < 1.29 is 9.53 Å². The largest absolute Gasteiger partial charge is 0.378 e. The van der Waals surface area contributed by atoms with Crippen molar-refractivity contribution in [3.63, 3.8) is 0 Å². The van der Waals surface area contributed by atoms with Gasteiger partial charge in [-0.05, 0) is 10.4 Å². The summed E-state index contributed by atoms with van der Waals surface area (Å²) < 4.78 is 6.77. The predicted molar refractivity (Wildman–Crippen MR) is 69.1 cm³/mol. The molecule has 0 unspecified atom stereocenters. The second kappa shape index (κ2) is 5.78. The van der Waals surface area contributed by atoms with Gasteiger partial charge in [0.2, 0.25) is 5.91 Å². The molecule has 2 aromatic heterocycles. The average Bonchev–Trinajstić information content (AvgIpc) is 2.97. The molecule has 1 saturated heterocycles. The Morgan fingerprint density at radius 1 is 1.35 bits per heavy atom. The number of aromatic nitrogens is 5. The van der Waals surface area contributed by atoms with E-state index in [9.17, 15) is 4.79 Å². The zero-order valence-corrected chi connectivity index (χ0v) is 10.9. The topological polar surface area (TPSA) is 97.5 Å². The summed E-state index contributed by atoms with van der Waals surface area (Å²) in [5.74, 6) is 0.792. The first-order chi connectivity index (χ1) is 9.84. The Morgan fingerprint density at radius 2 is 2.20 bits per heavy atom. The maximum Gasteiger partial charge on any atom is 0.224 e. The number of hydrogen-bond acceptors (Lipinski definition) is 7. The molecule has 0 aliphatic carbocycles. The van der Waals surface area contributed by atoms with E-state index in [4.69, 9.17) is 4.74 Å². The minimum absolute atomic E-state index is 0.123. The lowest BCUT2D eigenvalue weighted by Gasteiger charge is -2.26. The SMILES string of the molecule is O=C(CCNc1cncc2nnnn12)N1CCOCC1. The van der Waals surface area contributed by atoms with Gasteiger partial charge in [-0.2, -0.15) is 4.52 Å². The highest BCUT2D eigenvalue weighted by Crippen LogP contribution is 2.06. The zero-order chi connectivity index (χ0) is 13.8. The van der Waals surface area contributed by atoms with E-state index in [1.807, 2.05) is 4.90 Å². The highest BCUT2D eigenvalue weighted by atomic mass is 16.5. The van der Waals surface area contributed by atoms with Crippen LogP contribution in [0.5, 0.6) is 0 Å². The first-order valence-electron chi connectivity index (χ1n) is 6.46. The summed E-state index contributed by atoms with van der Waals surface area (Å²) >= 11 is 0. The highest BCUT2D eigenvalue weighted by molar-refractivity contribution is 5.76. The molecule has 1 aliphatic rings. The molecule has 9 nitrogen and oxygen atoms in total. The van der Waals surface area contributed by atoms with E-state index in [1.54, 1.807) is 16.9 Å². The summed E-state index contributed by atoms with van der Waals surface area (Å²) in [5, 5.41) is 14.3. The summed E-state index contributed by atoms with van der Waals surface area (Å²) in [5.41, 5.74) is 0.564. The smallest absolute Gasteiger partial charge is 0.224 e. The molecule has 20 heavy (non-hydrogen) atoms. The van der Waals surface area contributed by atoms with Crippen LogP contribution in [0.15, 0.2) is 12.4 Å². The van der Waals surface area contributed by atoms with Gasteiger partial charge in [0.25, 0.3) is 0 Å². The van der Waals surface area contributed by atoms with E-state index < -0.39 is 0 Å². The Labute approximate surface area is 114 Å². The summed E-state index contributed by atoms with van der Waals surface area (Å²) in [6, 6.07) is 0. The average molecular weight is 277 g/mol. The fourth-order valence-corrected chi connectivity index (χ4v) is 2.06. The summed E-state index contributed by atoms with van der Waals surface area (Å²) in [6.45, 7) is 3.09. The van der Waals surface area contributed by atoms with Gasteiger partial charge >= 0.3 is 0 Å². The molecule has 0 aromatic carbocycles. The fourth-order valence-electron chi connectivity index (χ4n) is 2.06. The van der Waals surface area contributed by atoms with E-state index >= 15 is 0 Å². The van der Waals surface area contributed by atoms with Crippen LogP contribution in [-0.4, -0.2) is 68.7 Å². The molecule has 2 aromatic rings. The quantitative estimate of drug-likeness (QED) is 0.779. The molecule has 1 fully saturated rings. The number of amides is 1. The first-order valence-corrected chi connectivity index (χ1v) is 6.46. The van der Waals surface area contributed by atoms with Crippen LogP contribution in [0.3, 0.4) is 0 Å². The summed E-state index contributed by atoms with van der Waals surface area (Å²) in [7, 11) is 0. The molecule has 1 amide bonds. The van der Waals surface area contributed by atoms with Crippen molar-refractivity contribution in [1.82, 2.24) is 29.9 Å². The standard InChI is InChI=1S/C11H15N7O2/c19-11(17-3-5-20-6-4-17)1-2-13-9-7-12-8-10-14-15-16-18(9)10/h7-8,13H,1-6H2. The molecule has 0 radical (unpaired) electrons. The minimum Gasteiger partial charge on any atom is -0.378 e. The number of nitrogens with one attached hydrogen (secondary N) is 1. The van der Waals surface area contributed by atoms with Crippen molar-refractivity contribution in [2.24, 2.45) is 0 Å². The van der Waals surface area contributed by atoms with Gasteiger partial charge < -0.3 is 15.0 Å². The van der Waals surface area contributed by atoms with Gasteiger partial charge in [0.15, 0.2) is 5.65 Å². The molecule has 0 bridgehead atoms. The van der Waals surface area contributed by atoms with E-state index in [0.29, 0.717) is 50.7 Å². The Kier molecular flexibility index (Phi) is 3.68. The van der Waals surface area contributed by atoms with Crippen molar-refractivity contribution >= 4 is 17.4 Å². The number of morpholine rings is 1. The van der Waals surface area contributed by atoms with Gasteiger partial charge in [0, 0.05) is 26.1 Å². The lowest BCUT2D eigenvalue weighted by atomic mass is 10.3. The van der Waals surface area contributed by atoms with E-state index in [0.717, 1.165) is 0 Å². The second-order valence-electron chi connectivity index (χ2n) is 4.41. The molecule has 1 aliphatic heterocycles. The molecular formula is C11H15N7O2. The predicted octanol–water partition coefficient (Wildman–Crippen LogP) is -0.820. The third-order valence-corrected chi connectivity index (χ3v) is 3.12. The number of hydrogen-bond donors (Lipinski definition) is 1. The van der Waals surface area contributed by atoms with Crippen molar-refractivity contribution in [3.8, 4) is 0 Å². The van der Waals surface area contributed by atoms with Crippen molar-refractivity contribution in [2.75, 3.05) is 38.2 Å². The number of fused-ring (bicyclic) bond motifs is 1. The van der Waals surface area contributed by atoms with Gasteiger partial charge in [0.05, 0.1) is 25.6 Å². The van der Waals surface area contributed by atoms with Crippen LogP contribution in [-0.2, 0) is 9.53 Å². The molecule has 0 spiro atoms. The van der Waals surface area contributed by atoms with E-state index in [1.165, 1.54) is 0 Å². The monoisotopic (exact) mass is 277 g/mol. The number of rotatable bonds is 4. The number of carbonyl (C=O) groups excluding carboxylic acids is 1. The number of anilines is 1. The summed E-state index contributed by atoms with van der Waals surface area (Å²) in [4.78, 5) is 17.8. The van der Waals surface area contributed by atoms with Gasteiger partial charge in [0.1, 0.15) is 5.82 Å². The van der Waals surface area contributed by atoms with Crippen LogP contribution in [0.4, 0.5) is 5.82 Å². The maximum atomic E-state index is 12.0. The van der Waals surface area contributed by atoms with E-state index in [2.05, 4.69) is 25.8 Å². The fraction of sp³-hybridized carbons (Fsp3) is 0.545. The molecule has 0 saturated carbocycles. The van der Waals surface area contributed by atoms with Gasteiger partial charge in [-0.1, -0.05) is 0 Å². The van der Waals surface area contributed by atoms with Crippen LogP contribution in [0, 0.1) is 0 Å². The number of tetrazole rings is 1. The lowest BCUT2D eigenvalue weighted by Crippen LogP contribution is -2.41. The van der Waals surface area contributed by atoms with Crippen LogP contribution < -0.4 is 5.32 Å². The van der Waals surface area contributed by atoms with Crippen LogP contribution in [0.1, 0.15) is 6.42 Å². The zero-order valence-electron chi connectivity index (χ0n) is 10.9. The molecule has 0 atom stereocenters. The van der Waals surface area contributed by atoms with Gasteiger partial charge in [-0.15, -0.1) is 5.10 Å². The van der Waals surface area contributed by atoms with Crippen LogP contribution in [0.25, 0.3) is 5.65 Å². The third kappa shape index (κ3) is 2.67.